The number of halogens is 1. The normalized spacial score (nSPS) is 11.9. The van der Waals surface area contributed by atoms with Crippen molar-refractivity contribution in [2.75, 3.05) is 13.7 Å². The zero-order valence-corrected chi connectivity index (χ0v) is 19.7. The number of rotatable bonds is 9. The van der Waals surface area contributed by atoms with Crippen LogP contribution in [0.15, 0.2) is 58.6 Å². The molecular formula is C21H20FN3O7S2. The fraction of sp³-hybridized carbons (Fsp3) is 0.190. The zero-order chi connectivity index (χ0) is 24.9. The number of fused-ring (bicyclic) bond motifs is 1. The van der Waals surface area contributed by atoms with Crippen molar-refractivity contribution in [3.63, 3.8) is 0 Å². The summed E-state index contributed by atoms with van der Waals surface area (Å²) in [6, 6.07) is 10.1. The van der Waals surface area contributed by atoms with E-state index in [4.69, 9.17) is 9.57 Å². The molecule has 10 nitrogen and oxygen atoms in total. The Balaban J connectivity index is 1.72. The highest BCUT2D eigenvalue weighted by Crippen LogP contribution is 2.28. The van der Waals surface area contributed by atoms with Crippen molar-refractivity contribution >= 4 is 43.4 Å². The van der Waals surface area contributed by atoms with Crippen LogP contribution in [0.5, 0.6) is 5.75 Å². The number of benzene rings is 2. The topological polar surface area (TPSA) is 135 Å². The highest BCUT2D eigenvalue weighted by molar-refractivity contribution is 7.92. The molecule has 0 atom stereocenters. The summed E-state index contributed by atoms with van der Waals surface area (Å²) < 4.78 is 45.3. The van der Waals surface area contributed by atoms with Gasteiger partial charge in [-0.3, -0.25) is 14.4 Å². The molecule has 2 aromatic carbocycles. The number of aliphatic hydroxyl groups is 1. The molecule has 0 saturated carbocycles. The Hall–Kier alpha value is -3.55. The summed E-state index contributed by atoms with van der Waals surface area (Å²) >= 11 is 0.806. The van der Waals surface area contributed by atoms with E-state index in [0.29, 0.717) is 34.2 Å². The van der Waals surface area contributed by atoms with E-state index < -0.39 is 37.8 Å². The molecule has 0 spiro atoms. The number of ether oxygens (including phenoxy) is 1. The monoisotopic (exact) mass is 509 g/mol. The molecule has 2 N–H and O–H groups in total. The quantitative estimate of drug-likeness (QED) is 0.255. The number of carbonyl (C=O) groups excluding carboxylic acids is 2. The number of sulfonamides is 1. The summed E-state index contributed by atoms with van der Waals surface area (Å²) in [5.41, 5.74) is 0.896. The van der Waals surface area contributed by atoms with Gasteiger partial charge in [0.05, 0.1) is 36.6 Å². The molecular weight excluding hydrogens is 489 g/mol. The van der Waals surface area contributed by atoms with E-state index in [1.807, 2.05) is 6.92 Å². The summed E-state index contributed by atoms with van der Waals surface area (Å²) in [4.78, 5) is 33.5. The number of aromatic nitrogens is 1. The van der Waals surface area contributed by atoms with Gasteiger partial charge in [-0.25, -0.2) is 19.2 Å². The lowest BCUT2D eigenvalue weighted by Crippen LogP contribution is -2.33. The van der Waals surface area contributed by atoms with Crippen LogP contribution in [0, 0.1) is 5.82 Å². The lowest BCUT2D eigenvalue weighted by Gasteiger charge is -2.18. The second-order valence-corrected chi connectivity index (χ2v) is 9.58. The molecule has 0 aliphatic carbocycles. The second-order valence-electron chi connectivity index (χ2n) is 6.69. The number of hydrogen-bond donors (Lipinski definition) is 2. The third-order valence-corrected chi connectivity index (χ3v) is 7.03. The van der Waals surface area contributed by atoms with E-state index >= 15 is 0 Å². The average Bonchev–Trinajstić information content (AvgIpc) is 3.23. The number of hydrogen-bond acceptors (Lipinski definition) is 9. The van der Waals surface area contributed by atoms with E-state index in [-0.39, 0.29) is 6.54 Å². The average molecular weight is 510 g/mol. The Morgan fingerprint density at radius 1 is 1.24 bits per heavy atom. The first-order valence-corrected chi connectivity index (χ1v) is 12.0. The third kappa shape index (κ3) is 6.07. The second kappa shape index (κ2) is 10.6. The molecule has 0 aliphatic heterocycles. The molecule has 180 valence electrons. The number of thiazole rings is 1. The van der Waals surface area contributed by atoms with Crippen LogP contribution in [0.25, 0.3) is 10.2 Å². The fourth-order valence-corrected chi connectivity index (χ4v) is 4.93. The van der Waals surface area contributed by atoms with Crippen LogP contribution in [-0.4, -0.2) is 49.1 Å². The molecule has 3 aromatic rings. The van der Waals surface area contributed by atoms with Gasteiger partial charge in [-0.15, -0.1) is 11.3 Å². The van der Waals surface area contributed by atoms with Crippen molar-refractivity contribution in [3.8, 4) is 5.75 Å². The number of carbonyl (C=O) groups is 2. The van der Waals surface area contributed by atoms with Gasteiger partial charge in [0, 0.05) is 0 Å². The Labute approximate surface area is 198 Å². The molecule has 0 fully saturated rings. The molecule has 13 heteroatoms. The summed E-state index contributed by atoms with van der Waals surface area (Å²) in [5, 5.41) is 10.8. The van der Waals surface area contributed by atoms with Gasteiger partial charge in [0.25, 0.3) is 21.8 Å². The van der Waals surface area contributed by atoms with Gasteiger partial charge in [0.1, 0.15) is 11.6 Å². The van der Waals surface area contributed by atoms with E-state index in [2.05, 4.69) is 4.98 Å². The van der Waals surface area contributed by atoms with Crippen molar-refractivity contribution in [1.82, 2.24) is 14.8 Å². The predicted molar refractivity (Wildman–Crippen MR) is 121 cm³/mol. The molecule has 0 bridgehead atoms. The van der Waals surface area contributed by atoms with E-state index in [9.17, 15) is 27.5 Å². The van der Waals surface area contributed by atoms with Crippen molar-refractivity contribution in [3.05, 3.63) is 65.7 Å². The number of nitrogens with one attached hydrogen (secondary N) is 1. The first-order valence-electron chi connectivity index (χ1n) is 9.74. The summed E-state index contributed by atoms with van der Waals surface area (Å²) in [5.74, 6) is -3.46. The minimum Gasteiger partial charge on any atom is -0.503 e. The molecule has 1 aromatic heterocycles. The lowest BCUT2D eigenvalue weighted by molar-refractivity contribution is -0.173. The Bertz CT molecular complexity index is 1340. The Kier molecular flexibility index (Phi) is 7.81. The van der Waals surface area contributed by atoms with Crippen LogP contribution in [0.1, 0.15) is 12.5 Å². The predicted octanol–water partition coefficient (Wildman–Crippen LogP) is 2.67. The molecule has 0 saturated heterocycles. The van der Waals surface area contributed by atoms with Gasteiger partial charge in [0.15, 0.2) is 5.76 Å². The van der Waals surface area contributed by atoms with E-state index in [1.54, 1.807) is 22.9 Å². The van der Waals surface area contributed by atoms with Crippen LogP contribution in [0.3, 0.4) is 0 Å². The largest absolute Gasteiger partial charge is 0.503 e. The van der Waals surface area contributed by atoms with Crippen molar-refractivity contribution in [2.45, 2.75) is 17.8 Å². The summed E-state index contributed by atoms with van der Waals surface area (Å²) in [6.45, 7) is 2.12. The Morgan fingerprint density at radius 3 is 2.59 bits per heavy atom. The highest BCUT2D eigenvalue weighted by Gasteiger charge is 2.25. The summed E-state index contributed by atoms with van der Waals surface area (Å²) in [7, 11) is -3.25. The maximum absolute atomic E-state index is 13.0. The Morgan fingerprint density at radius 2 is 1.94 bits per heavy atom. The standard InChI is InChI=1S/C21H20FN3O7S2/c1-3-32-15-8-9-16-18(10-15)33-21(23-16)34(29,30)24-20(28)17(26)11-19(27)25(31-2)12-13-4-6-14(22)7-5-13/h4-11,26H,3,12H2,1-2H3,(H,24,28)/b17-11-. The van der Waals surface area contributed by atoms with Crippen LogP contribution < -0.4 is 9.46 Å². The van der Waals surface area contributed by atoms with Crippen LogP contribution >= 0.6 is 11.3 Å². The van der Waals surface area contributed by atoms with Crippen molar-refractivity contribution in [2.24, 2.45) is 0 Å². The van der Waals surface area contributed by atoms with Gasteiger partial charge in [-0.1, -0.05) is 12.1 Å². The van der Waals surface area contributed by atoms with Crippen molar-refractivity contribution < 1.29 is 37.1 Å². The smallest absolute Gasteiger partial charge is 0.300 e. The van der Waals surface area contributed by atoms with Gasteiger partial charge in [0.2, 0.25) is 4.34 Å². The minimum atomic E-state index is -4.43. The van der Waals surface area contributed by atoms with Crippen LogP contribution in [0.4, 0.5) is 4.39 Å². The zero-order valence-electron chi connectivity index (χ0n) is 18.0. The molecule has 1 heterocycles. The van der Waals surface area contributed by atoms with Gasteiger partial charge < -0.3 is 9.84 Å². The molecule has 2 amide bonds. The number of amides is 2. The summed E-state index contributed by atoms with van der Waals surface area (Å²) in [6.07, 6.45) is 0.505. The maximum Gasteiger partial charge on any atom is 0.300 e. The molecule has 0 unspecified atom stereocenters. The van der Waals surface area contributed by atoms with Gasteiger partial charge >= 0.3 is 0 Å². The number of aliphatic hydroxyl groups excluding tert-OH is 1. The maximum atomic E-state index is 13.0. The lowest BCUT2D eigenvalue weighted by atomic mass is 10.2. The van der Waals surface area contributed by atoms with Crippen LogP contribution in [-0.2, 0) is 31.0 Å². The molecule has 0 aliphatic rings. The van der Waals surface area contributed by atoms with Crippen molar-refractivity contribution in [1.29, 1.82) is 0 Å². The van der Waals surface area contributed by atoms with E-state index in [1.165, 1.54) is 31.4 Å². The first kappa shape index (κ1) is 25.1. The first-order chi connectivity index (χ1) is 16.1. The number of nitrogens with zero attached hydrogens (tertiary/aromatic N) is 2. The molecule has 34 heavy (non-hydrogen) atoms. The van der Waals surface area contributed by atoms with E-state index in [0.717, 1.165) is 16.4 Å². The molecule has 0 radical (unpaired) electrons. The molecule has 3 rings (SSSR count). The van der Waals surface area contributed by atoms with Gasteiger partial charge in [-0.05, 0) is 42.8 Å². The van der Waals surface area contributed by atoms with Crippen LogP contribution in [0.2, 0.25) is 0 Å². The third-order valence-electron chi connectivity index (χ3n) is 4.31. The SMILES string of the molecule is CCOc1ccc2nc(S(=O)(=O)NC(=O)/C(O)=C/C(=O)N(Cc3ccc(F)cc3)OC)sc2c1. The van der Waals surface area contributed by atoms with Gasteiger partial charge in [-0.2, -0.15) is 8.42 Å². The fourth-order valence-electron chi connectivity index (χ4n) is 2.72. The number of hydroxylamine groups is 2. The highest BCUT2D eigenvalue weighted by atomic mass is 32.2. The minimum absolute atomic E-state index is 0.116.